The van der Waals surface area contributed by atoms with Gasteiger partial charge in [0.2, 0.25) is 0 Å². The summed E-state index contributed by atoms with van der Waals surface area (Å²) in [4.78, 5) is 15.9. The highest BCUT2D eigenvalue weighted by Gasteiger charge is 2.19. The molecular weight excluding hydrogens is 292 g/mol. The Morgan fingerprint density at radius 3 is 2.41 bits per heavy atom. The molecule has 1 amide bonds. The van der Waals surface area contributed by atoms with Crippen molar-refractivity contribution in [2.75, 3.05) is 0 Å². The van der Waals surface area contributed by atoms with Crippen molar-refractivity contribution in [1.29, 1.82) is 0 Å². The predicted molar refractivity (Wildman–Crippen MR) is 95.7 cm³/mol. The quantitative estimate of drug-likeness (QED) is 0.567. The molecule has 0 bridgehead atoms. The third-order valence-electron chi connectivity index (χ3n) is 3.73. The second-order valence-corrected chi connectivity index (χ2v) is 6.69. The number of unbranched alkanes of at least 4 members (excludes halogenated alkanes) is 5. The first kappa shape index (κ1) is 16.8. The Bertz CT molecular complexity index is 561. The van der Waals surface area contributed by atoms with Crippen LogP contribution in [0.2, 0.25) is 0 Å². The maximum atomic E-state index is 11.5. The molecule has 1 aliphatic rings. The van der Waals surface area contributed by atoms with E-state index >= 15 is 0 Å². The lowest BCUT2D eigenvalue weighted by Crippen LogP contribution is -2.01. The first-order valence-corrected chi connectivity index (χ1v) is 8.87. The number of nitrogens with zero attached hydrogens (tertiary/aromatic N) is 1. The van der Waals surface area contributed by atoms with E-state index in [-0.39, 0.29) is 5.91 Å². The van der Waals surface area contributed by atoms with Gasteiger partial charge < -0.3 is 5.73 Å². The lowest BCUT2D eigenvalue weighted by atomic mass is 10.0. The van der Waals surface area contributed by atoms with Gasteiger partial charge in [0.15, 0.2) is 5.17 Å². The highest BCUT2D eigenvalue weighted by molar-refractivity contribution is 8.18. The van der Waals surface area contributed by atoms with Crippen molar-refractivity contribution in [2.24, 2.45) is 10.7 Å². The standard InChI is InChI=1S/C18H24N2OS/c1-2-3-4-5-6-7-8-14-9-11-15(12-10-14)13-16-17(21)20-18(19)22-16/h9-13H,2-8H2,1H3,(H2,19,20,21). The second kappa shape index (κ2) is 8.79. The van der Waals surface area contributed by atoms with Gasteiger partial charge in [0.25, 0.3) is 5.91 Å². The summed E-state index contributed by atoms with van der Waals surface area (Å²) in [6.45, 7) is 2.25. The molecule has 0 fully saturated rings. The Balaban J connectivity index is 1.79. The molecule has 0 saturated heterocycles. The summed E-state index contributed by atoms with van der Waals surface area (Å²) in [6.07, 6.45) is 10.9. The smallest absolute Gasteiger partial charge is 0.286 e. The number of hydrogen-bond donors (Lipinski definition) is 1. The monoisotopic (exact) mass is 316 g/mol. The molecule has 4 heteroatoms. The number of carbonyl (C=O) groups is 1. The summed E-state index contributed by atoms with van der Waals surface area (Å²) in [5.74, 6) is -0.237. The average molecular weight is 316 g/mol. The molecule has 0 aliphatic carbocycles. The summed E-state index contributed by atoms with van der Waals surface area (Å²) in [5, 5.41) is 0.330. The number of aliphatic imine (C=N–C) groups is 1. The van der Waals surface area contributed by atoms with E-state index in [2.05, 4.69) is 36.2 Å². The van der Waals surface area contributed by atoms with Gasteiger partial charge >= 0.3 is 0 Å². The second-order valence-electron chi connectivity index (χ2n) is 5.63. The molecule has 0 spiro atoms. The van der Waals surface area contributed by atoms with Crippen molar-refractivity contribution < 1.29 is 4.79 Å². The topological polar surface area (TPSA) is 55.4 Å². The summed E-state index contributed by atoms with van der Waals surface area (Å²) in [5.41, 5.74) is 7.92. The minimum Gasteiger partial charge on any atom is -0.378 e. The minimum absolute atomic E-state index is 0.237. The van der Waals surface area contributed by atoms with Crippen molar-refractivity contribution in [1.82, 2.24) is 0 Å². The Hall–Kier alpha value is -1.55. The van der Waals surface area contributed by atoms with Gasteiger partial charge in [0.1, 0.15) is 0 Å². The van der Waals surface area contributed by atoms with Crippen LogP contribution in [0.5, 0.6) is 0 Å². The number of nitrogens with two attached hydrogens (primary N) is 1. The van der Waals surface area contributed by atoms with Crippen LogP contribution in [0.1, 0.15) is 56.6 Å². The van der Waals surface area contributed by atoms with Crippen LogP contribution in [-0.4, -0.2) is 11.1 Å². The van der Waals surface area contributed by atoms with Gasteiger partial charge in [0.05, 0.1) is 4.91 Å². The van der Waals surface area contributed by atoms with E-state index in [9.17, 15) is 4.79 Å². The van der Waals surface area contributed by atoms with Gasteiger partial charge in [-0.25, -0.2) is 0 Å². The molecule has 2 rings (SSSR count). The normalized spacial score (nSPS) is 16.3. The molecule has 0 aromatic heterocycles. The predicted octanol–water partition coefficient (Wildman–Crippen LogP) is 4.52. The van der Waals surface area contributed by atoms with Gasteiger partial charge in [-0.2, -0.15) is 4.99 Å². The van der Waals surface area contributed by atoms with Crippen LogP contribution < -0.4 is 5.73 Å². The Labute approximate surface area is 137 Å². The van der Waals surface area contributed by atoms with Gasteiger partial charge in [-0.3, -0.25) is 4.79 Å². The lowest BCUT2D eigenvalue weighted by Gasteiger charge is -2.03. The average Bonchev–Trinajstić information content (AvgIpc) is 2.82. The van der Waals surface area contributed by atoms with Crippen molar-refractivity contribution in [3.63, 3.8) is 0 Å². The number of aryl methyl sites for hydroxylation is 1. The van der Waals surface area contributed by atoms with Crippen molar-refractivity contribution in [2.45, 2.75) is 51.9 Å². The number of carbonyl (C=O) groups excluding carboxylic acids is 1. The van der Waals surface area contributed by atoms with Gasteiger partial charge in [-0.1, -0.05) is 63.3 Å². The fraction of sp³-hybridized carbons (Fsp3) is 0.444. The highest BCUT2D eigenvalue weighted by Crippen LogP contribution is 2.26. The summed E-state index contributed by atoms with van der Waals surface area (Å²) in [7, 11) is 0. The first-order chi connectivity index (χ1) is 10.7. The number of thioether (sulfide) groups is 1. The van der Waals surface area contributed by atoms with Crippen molar-refractivity contribution in [3.05, 3.63) is 40.3 Å². The molecular formula is C18H24N2OS. The van der Waals surface area contributed by atoms with Gasteiger partial charge in [0, 0.05) is 0 Å². The van der Waals surface area contributed by atoms with E-state index in [1.54, 1.807) is 0 Å². The van der Waals surface area contributed by atoms with E-state index in [1.165, 1.54) is 55.9 Å². The number of amides is 1. The Morgan fingerprint density at radius 2 is 1.77 bits per heavy atom. The molecule has 0 atom stereocenters. The molecule has 1 aromatic carbocycles. The molecule has 2 N–H and O–H groups in total. The highest BCUT2D eigenvalue weighted by atomic mass is 32.2. The minimum atomic E-state index is -0.237. The van der Waals surface area contributed by atoms with E-state index in [1.807, 2.05) is 6.08 Å². The first-order valence-electron chi connectivity index (χ1n) is 8.06. The zero-order valence-corrected chi connectivity index (χ0v) is 14.0. The van der Waals surface area contributed by atoms with E-state index in [0.29, 0.717) is 10.1 Å². The molecule has 22 heavy (non-hydrogen) atoms. The van der Waals surface area contributed by atoms with Crippen LogP contribution in [0.4, 0.5) is 0 Å². The van der Waals surface area contributed by atoms with Crippen molar-refractivity contribution >= 4 is 28.9 Å². The van der Waals surface area contributed by atoms with Gasteiger partial charge in [-0.15, -0.1) is 0 Å². The van der Waals surface area contributed by atoms with Crippen LogP contribution in [0.3, 0.4) is 0 Å². The summed E-state index contributed by atoms with van der Waals surface area (Å²) in [6, 6.07) is 8.41. The van der Waals surface area contributed by atoms with Crippen molar-refractivity contribution in [3.8, 4) is 0 Å². The molecule has 0 radical (unpaired) electrons. The fourth-order valence-corrected chi connectivity index (χ4v) is 3.15. The molecule has 1 aliphatic heterocycles. The Kier molecular flexibility index (Phi) is 6.72. The lowest BCUT2D eigenvalue weighted by molar-refractivity contribution is -0.113. The van der Waals surface area contributed by atoms with E-state index < -0.39 is 0 Å². The van der Waals surface area contributed by atoms with Crippen LogP contribution in [0, 0.1) is 0 Å². The molecule has 1 heterocycles. The molecule has 0 unspecified atom stereocenters. The van der Waals surface area contributed by atoms with Crippen LogP contribution in [0.25, 0.3) is 6.08 Å². The van der Waals surface area contributed by atoms with E-state index in [4.69, 9.17) is 5.73 Å². The maximum absolute atomic E-state index is 11.5. The fourth-order valence-electron chi connectivity index (χ4n) is 2.47. The molecule has 0 saturated carbocycles. The van der Waals surface area contributed by atoms with Gasteiger partial charge in [-0.05, 0) is 41.8 Å². The Morgan fingerprint density at radius 1 is 1.09 bits per heavy atom. The molecule has 1 aromatic rings. The zero-order chi connectivity index (χ0) is 15.8. The SMILES string of the molecule is CCCCCCCCc1ccc(C=C2SC(N)=NC2=O)cc1. The summed E-state index contributed by atoms with van der Waals surface area (Å²) >= 11 is 1.24. The number of rotatable bonds is 8. The van der Waals surface area contributed by atoms with Crippen LogP contribution in [-0.2, 0) is 11.2 Å². The third kappa shape index (κ3) is 5.34. The largest absolute Gasteiger partial charge is 0.378 e. The third-order valence-corrected chi connectivity index (χ3v) is 4.55. The summed E-state index contributed by atoms with van der Waals surface area (Å²) < 4.78 is 0. The molecule has 118 valence electrons. The van der Waals surface area contributed by atoms with Crippen LogP contribution in [0.15, 0.2) is 34.2 Å². The number of benzene rings is 1. The van der Waals surface area contributed by atoms with Crippen LogP contribution >= 0.6 is 11.8 Å². The maximum Gasteiger partial charge on any atom is 0.286 e. The van der Waals surface area contributed by atoms with E-state index in [0.717, 1.165) is 12.0 Å². The number of hydrogen-bond acceptors (Lipinski definition) is 3. The molecule has 3 nitrogen and oxygen atoms in total. The zero-order valence-electron chi connectivity index (χ0n) is 13.2. The number of amidine groups is 1.